The molecule has 140 valence electrons. The largest absolute Gasteiger partial charge is 0.508 e. The van der Waals surface area contributed by atoms with Crippen molar-refractivity contribution in [2.75, 3.05) is 11.9 Å². The van der Waals surface area contributed by atoms with Crippen LogP contribution >= 0.6 is 0 Å². The Balaban J connectivity index is 1.87. The number of benzene rings is 3. The maximum Gasteiger partial charge on any atom is 0.342 e. The Hall–Kier alpha value is -3.47. The van der Waals surface area contributed by atoms with Crippen LogP contribution in [0.15, 0.2) is 54.6 Å². The first-order valence-corrected chi connectivity index (χ1v) is 9.27. The number of hydrogen-bond acceptors (Lipinski definition) is 5. The predicted molar refractivity (Wildman–Crippen MR) is 105 cm³/mol. The van der Waals surface area contributed by atoms with E-state index in [0.717, 1.165) is 22.4 Å². The van der Waals surface area contributed by atoms with Crippen molar-refractivity contribution in [3.63, 3.8) is 0 Å². The van der Waals surface area contributed by atoms with E-state index in [1.807, 2.05) is 50.2 Å². The van der Waals surface area contributed by atoms with Gasteiger partial charge in [0.1, 0.15) is 17.2 Å². The molecule has 0 aliphatic carbocycles. The Morgan fingerprint density at radius 2 is 1.75 bits per heavy atom. The second kappa shape index (κ2) is 5.76. The number of aryl methyl sites for hydroxylation is 1. The molecular weight excluding hydrogens is 354 g/mol. The third-order valence-electron chi connectivity index (χ3n) is 5.34. The number of carbonyl (C=O) groups excluding carboxylic acids is 1. The number of fused-ring (bicyclic) bond motifs is 6. The van der Waals surface area contributed by atoms with Crippen LogP contribution in [0.3, 0.4) is 0 Å². The molecule has 5 heteroatoms. The monoisotopic (exact) mass is 373 g/mol. The molecule has 0 amide bonds. The van der Waals surface area contributed by atoms with Gasteiger partial charge in [-0.3, -0.25) is 0 Å². The SMILES string of the molecule is CCNc1cccc2c1C(=O)OC21c2ccc(C)cc2Oc2cc(O)ccc21. The average Bonchev–Trinajstić information content (AvgIpc) is 2.96. The molecule has 0 fully saturated rings. The zero-order chi connectivity index (χ0) is 19.5. The molecule has 1 spiro atoms. The molecule has 1 unspecified atom stereocenters. The highest BCUT2D eigenvalue weighted by Gasteiger charge is 2.54. The van der Waals surface area contributed by atoms with Gasteiger partial charge in [-0.2, -0.15) is 0 Å². The second-order valence-corrected chi connectivity index (χ2v) is 7.11. The zero-order valence-electron chi connectivity index (χ0n) is 15.6. The summed E-state index contributed by atoms with van der Waals surface area (Å²) in [6.45, 7) is 4.66. The van der Waals surface area contributed by atoms with E-state index in [9.17, 15) is 9.90 Å². The summed E-state index contributed by atoms with van der Waals surface area (Å²) in [4.78, 5) is 13.0. The standard InChI is InChI=1S/C23H19NO4/c1-3-24-18-6-4-5-17-21(18)22(26)28-23(17)15-9-7-13(2)11-19(15)27-20-12-14(25)8-10-16(20)23/h4-12,24-25H,3H2,1-2H3. The zero-order valence-corrected chi connectivity index (χ0v) is 15.6. The molecule has 3 aromatic rings. The van der Waals surface area contributed by atoms with Gasteiger partial charge in [-0.1, -0.05) is 24.3 Å². The summed E-state index contributed by atoms with van der Waals surface area (Å²) < 4.78 is 12.2. The predicted octanol–water partition coefficient (Wildman–Crippen LogP) is 4.70. The average molecular weight is 373 g/mol. The van der Waals surface area contributed by atoms with Crippen molar-refractivity contribution in [2.24, 2.45) is 0 Å². The molecule has 0 bridgehead atoms. The Morgan fingerprint density at radius 3 is 2.54 bits per heavy atom. The van der Waals surface area contributed by atoms with E-state index >= 15 is 0 Å². The Kier molecular flexibility index (Phi) is 3.43. The van der Waals surface area contributed by atoms with Crippen LogP contribution in [0, 0.1) is 6.92 Å². The molecule has 0 saturated carbocycles. The second-order valence-electron chi connectivity index (χ2n) is 7.11. The number of esters is 1. The lowest BCUT2D eigenvalue weighted by Gasteiger charge is -2.36. The summed E-state index contributed by atoms with van der Waals surface area (Å²) in [6.07, 6.45) is 0. The van der Waals surface area contributed by atoms with Crippen LogP contribution < -0.4 is 10.1 Å². The van der Waals surface area contributed by atoms with E-state index in [-0.39, 0.29) is 11.7 Å². The normalized spacial score (nSPS) is 18.7. The highest BCUT2D eigenvalue weighted by molar-refractivity contribution is 6.02. The maximum atomic E-state index is 13.0. The molecule has 2 heterocycles. The highest BCUT2D eigenvalue weighted by atomic mass is 16.6. The van der Waals surface area contributed by atoms with Gasteiger partial charge in [0, 0.05) is 35.0 Å². The van der Waals surface area contributed by atoms with E-state index < -0.39 is 5.60 Å². The third-order valence-corrected chi connectivity index (χ3v) is 5.34. The smallest absolute Gasteiger partial charge is 0.342 e. The Bertz CT molecular complexity index is 1080. The van der Waals surface area contributed by atoms with Crippen LogP contribution in [0.25, 0.3) is 0 Å². The number of rotatable bonds is 2. The van der Waals surface area contributed by atoms with Crippen LogP contribution in [0.5, 0.6) is 17.2 Å². The van der Waals surface area contributed by atoms with Crippen LogP contribution in [0.4, 0.5) is 5.69 Å². The number of ether oxygens (including phenoxy) is 2. The lowest BCUT2D eigenvalue weighted by molar-refractivity contribution is 0.0224. The van der Waals surface area contributed by atoms with E-state index in [1.54, 1.807) is 18.2 Å². The highest BCUT2D eigenvalue weighted by Crippen LogP contribution is 2.57. The molecule has 1 atom stereocenters. The molecule has 0 saturated heterocycles. The van der Waals surface area contributed by atoms with Crippen molar-refractivity contribution < 1.29 is 19.4 Å². The number of nitrogens with one attached hydrogen (secondary N) is 1. The van der Waals surface area contributed by atoms with E-state index in [0.29, 0.717) is 29.2 Å². The number of phenols is 1. The first kappa shape index (κ1) is 16.7. The number of anilines is 1. The molecule has 2 aliphatic rings. The van der Waals surface area contributed by atoms with E-state index in [2.05, 4.69) is 5.32 Å². The van der Waals surface area contributed by atoms with Gasteiger partial charge >= 0.3 is 5.97 Å². The fourth-order valence-electron chi connectivity index (χ4n) is 4.20. The van der Waals surface area contributed by atoms with Gasteiger partial charge in [0.2, 0.25) is 0 Å². The molecule has 28 heavy (non-hydrogen) atoms. The molecule has 5 nitrogen and oxygen atoms in total. The quantitative estimate of drug-likeness (QED) is 0.637. The first-order valence-electron chi connectivity index (χ1n) is 9.27. The van der Waals surface area contributed by atoms with E-state index in [1.165, 1.54) is 0 Å². The molecule has 0 aromatic heterocycles. The first-order chi connectivity index (χ1) is 13.5. The maximum absolute atomic E-state index is 13.0. The fourth-order valence-corrected chi connectivity index (χ4v) is 4.20. The van der Waals surface area contributed by atoms with Crippen molar-refractivity contribution in [3.05, 3.63) is 82.4 Å². The van der Waals surface area contributed by atoms with Crippen LogP contribution in [0.1, 0.15) is 39.5 Å². The minimum Gasteiger partial charge on any atom is -0.508 e. The summed E-state index contributed by atoms with van der Waals surface area (Å²) in [6, 6.07) is 16.5. The van der Waals surface area contributed by atoms with Gasteiger partial charge in [-0.05, 0) is 43.7 Å². The summed E-state index contributed by atoms with van der Waals surface area (Å²) in [7, 11) is 0. The fraction of sp³-hybridized carbons (Fsp3) is 0.174. The summed E-state index contributed by atoms with van der Waals surface area (Å²) in [5.41, 5.74) is 3.46. The van der Waals surface area contributed by atoms with E-state index in [4.69, 9.17) is 9.47 Å². The summed E-state index contributed by atoms with van der Waals surface area (Å²) >= 11 is 0. The van der Waals surface area contributed by atoms with Crippen molar-refractivity contribution >= 4 is 11.7 Å². The molecule has 2 aliphatic heterocycles. The number of phenolic OH excluding ortho intramolecular Hbond substituents is 1. The molecule has 2 N–H and O–H groups in total. The lowest BCUT2D eigenvalue weighted by Crippen LogP contribution is -2.33. The van der Waals surface area contributed by atoms with Crippen molar-refractivity contribution in [1.29, 1.82) is 0 Å². The molecule has 0 radical (unpaired) electrons. The van der Waals surface area contributed by atoms with Crippen molar-refractivity contribution in [2.45, 2.75) is 19.4 Å². The Labute approximate surface area is 162 Å². The third kappa shape index (κ3) is 2.10. The van der Waals surface area contributed by atoms with Gasteiger partial charge in [-0.15, -0.1) is 0 Å². The van der Waals surface area contributed by atoms with Crippen LogP contribution in [-0.4, -0.2) is 17.6 Å². The lowest BCUT2D eigenvalue weighted by atomic mass is 9.77. The number of carbonyl (C=O) groups is 1. The van der Waals surface area contributed by atoms with Crippen LogP contribution in [-0.2, 0) is 10.3 Å². The topological polar surface area (TPSA) is 67.8 Å². The summed E-state index contributed by atoms with van der Waals surface area (Å²) in [5, 5.41) is 13.2. The Morgan fingerprint density at radius 1 is 1.00 bits per heavy atom. The molecule has 5 rings (SSSR count). The van der Waals surface area contributed by atoms with Gasteiger partial charge in [0.15, 0.2) is 5.60 Å². The molecular formula is C23H19NO4. The van der Waals surface area contributed by atoms with Gasteiger partial charge in [0.25, 0.3) is 0 Å². The van der Waals surface area contributed by atoms with Gasteiger partial charge in [-0.25, -0.2) is 4.79 Å². The minimum atomic E-state index is -1.11. The van der Waals surface area contributed by atoms with Crippen LogP contribution in [0.2, 0.25) is 0 Å². The van der Waals surface area contributed by atoms with Gasteiger partial charge < -0.3 is 19.9 Å². The van der Waals surface area contributed by atoms with Crippen molar-refractivity contribution in [1.82, 2.24) is 0 Å². The summed E-state index contributed by atoms with van der Waals surface area (Å²) in [5.74, 6) is 0.815. The van der Waals surface area contributed by atoms with Crippen molar-refractivity contribution in [3.8, 4) is 17.2 Å². The number of hydrogen-bond donors (Lipinski definition) is 2. The molecule has 3 aromatic carbocycles. The number of aromatic hydroxyl groups is 1. The minimum absolute atomic E-state index is 0.0935. The van der Waals surface area contributed by atoms with Gasteiger partial charge in [0.05, 0.1) is 5.56 Å².